The zero-order valence-corrected chi connectivity index (χ0v) is 18.9. The number of hydrogen-bond acceptors (Lipinski definition) is 5. The van der Waals surface area contributed by atoms with E-state index in [9.17, 15) is 5.11 Å². The van der Waals surface area contributed by atoms with Gasteiger partial charge < -0.3 is 5.11 Å². The third kappa shape index (κ3) is 3.98. The average Bonchev–Trinajstić information content (AvgIpc) is 3.08. The Balaban J connectivity index is 2.28. The minimum atomic E-state index is -1.05. The fourth-order valence-corrected chi connectivity index (χ4v) is 4.50. The molecule has 0 spiro atoms. The molecule has 1 unspecified atom stereocenters. The SMILES string of the molecule is CCCCC(O)(CC)c1nc(SC)nc2c1cnn2-c1c(Cl)cc(Cl)cc1Cl. The molecule has 5 nitrogen and oxygen atoms in total. The van der Waals surface area contributed by atoms with Crippen molar-refractivity contribution in [3.05, 3.63) is 39.1 Å². The van der Waals surface area contributed by atoms with Crippen molar-refractivity contribution in [3.63, 3.8) is 0 Å². The molecule has 3 rings (SSSR count). The predicted molar refractivity (Wildman–Crippen MR) is 117 cm³/mol. The quantitative estimate of drug-likeness (QED) is 0.332. The molecule has 0 fully saturated rings. The van der Waals surface area contributed by atoms with E-state index in [1.807, 2.05) is 13.2 Å². The number of unbranched alkanes of at least 4 members (excludes halogenated alkanes) is 1. The molecule has 1 aromatic carbocycles. The molecular formula is C19H21Cl3N4OS. The molecule has 2 aromatic heterocycles. The number of nitrogens with zero attached hydrogens (tertiary/aromatic N) is 4. The minimum absolute atomic E-state index is 0.366. The summed E-state index contributed by atoms with van der Waals surface area (Å²) in [5.41, 5.74) is 0.575. The number of aliphatic hydroxyl groups is 1. The molecule has 0 saturated carbocycles. The van der Waals surface area contributed by atoms with E-state index in [0.717, 1.165) is 12.8 Å². The normalized spacial score (nSPS) is 13.8. The second-order valence-corrected chi connectivity index (χ2v) is 8.58. The summed E-state index contributed by atoms with van der Waals surface area (Å²) in [4.78, 5) is 9.26. The predicted octanol–water partition coefficient (Wildman–Crippen LogP) is 6.29. The lowest BCUT2D eigenvalue weighted by molar-refractivity contribution is 0.0178. The van der Waals surface area contributed by atoms with Crippen molar-refractivity contribution in [2.75, 3.05) is 6.26 Å². The van der Waals surface area contributed by atoms with Gasteiger partial charge in [-0.05, 0) is 31.2 Å². The van der Waals surface area contributed by atoms with Gasteiger partial charge in [-0.3, -0.25) is 0 Å². The fraction of sp³-hybridized carbons (Fsp3) is 0.421. The monoisotopic (exact) mass is 458 g/mol. The Morgan fingerprint density at radius 2 is 1.82 bits per heavy atom. The summed E-state index contributed by atoms with van der Waals surface area (Å²) in [6.45, 7) is 4.06. The number of fused-ring (bicyclic) bond motifs is 1. The Bertz CT molecular complexity index is 987. The first-order chi connectivity index (χ1) is 13.3. The van der Waals surface area contributed by atoms with E-state index in [1.54, 1.807) is 23.0 Å². The standard InChI is InChI=1S/C19H21Cl3N4OS/c1-4-6-7-19(27,5-2)16-12-10-23-26(17(12)25-18(24-16)28-3)15-13(21)8-11(20)9-14(15)22/h8-10,27H,4-7H2,1-3H3. The molecule has 0 aliphatic carbocycles. The lowest BCUT2D eigenvalue weighted by atomic mass is 9.89. The maximum atomic E-state index is 11.4. The Morgan fingerprint density at radius 3 is 2.39 bits per heavy atom. The second-order valence-electron chi connectivity index (χ2n) is 6.56. The van der Waals surface area contributed by atoms with Gasteiger partial charge in [-0.2, -0.15) is 5.10 Å². The molecule has 2 heterocycles. The number of rotatable bonds is 7. The zero-order valence-electron chi connectivity index (χ0n) is 15.8. The summed E-state index contributed by atoms with van der Waals surface area (Å²) in [7, 11) is 0. The van der Waals surface area contributed by atoms with Gasteiger partial charge in [0.25, 0.3) is 0 Å². The van der Waals surface area contributed by atoms with Crippen molar-refractivity contribution in [3.8, 4) is 5.69 Å². The topological polar surface area (TPSA) is 63.8 Å². The van der Waals surface area contributed by atoms with E-state index in [0.29, 0.717) is 55.5 Å². The first-order valence-corrected chi connectivity index (χ1v) is 11.4. The summed E-state index contributed by atoms with van der Waals surface area (Å²) < 4.78 is 1.58. The van der Waals surface area contributed by atoms with E-state index in [2.05, 4.69) is 22.0 Å². The summed E-state index contributed by atoms with van der Waals surface area (Å²) >= 11 is 20.2. The lowest BCUT2D eigenvalue weighted by Crippen LogP contribution is -2.27. The second kappa shape index (κ2) is 8.76. The lowest BCUT2D eigenvalue weighted by Gasteiger charge is -2.27. The molecule has 0 amide bonds. The number of hydrogen-bond donors (Lipinski definition) is 1. The number of benzene rings is 1. The van der Waals surface area contributed by atoms with Crippen LogP contribution in [0.25, 0.3) is 16.7 Å². The molecule has 1 atom stereocenters. The Kier molecular flexibility index (Phi) is 6.77. The molecule has 0 radical (unpaired) electrons. The summed E-state index contributed by atoms with van der Waals surface area (Å²) in [5.74, 6) is 0. The van der Waals surface area contributed by atoms with Gasteiger partial charge in [0.05, 0.1) is 27.3 Å². The highest BCUT2D eigenvalue weighted by molar-refractivity contribution is 7.98. The van der Waals surface area contributed by atoms with Crippen LogP contribution >= 0.6 is 46.6 Å². The van der Waals surface area contributed by atoms with Crippen LogP contribution in [0.1, 0.15) is 45.2 Å². The molecule has 3 aromatic rings. The first-order valence-electron chi connectivity index (χ1n) is 9.02. The Hall–Kier alpha value is -1.05. The van der Waals surface area contributed by atoms with E-state index < -0.39 is 5.60 Å². The van der Waals surface area contributed by atoms with Gasteiger partial charge in [-0.15, -0.1) is 0 Å². The van der Waals surface area contributed by atoms with E-state index in [1.165, 1.54) is 11.8 Å². The van der Waals surface area contributed by atoms with Gasteiger partial charge in [0.2, 0.25) is 0 Å². The van der Waals surface area contributed by atoms with Crippen molar-refractivity contribution in [1.29, 1.82) is 0 Å². The summed E-state index contributed by atoms with van der Waals surface area (Å²) in [6.07, 6.45) is 6.59. The smallest absolute Gasteiger partial charge is 0.189 e. The molecule has 28 heavy (non-hydrogen) atoms. The molecule has 0 aliphatic rings. The van der Waals surface area contributed by atoms with Gasteiger partial charge >= 0.3 is 0 Å². The minimum Gasteiger partial charge on any atom is -0.384 e. The molecule has 9 heteroatoms. The van der Waals surface area contributed by atoms with Gasteiger partial charge in [0.1, 0.15) is 11.3 Å². The van der Waals surface area contributed by atoms with Crippen molar-refractivity contribution in [2.24, 2.45) is 0 Å². The van der Waals surface area contributed by atoms with Crippen LogP contribution in [0.4, 0.5) is 0 Å². The first kappa shape index (κ1) is 21.7. The molecule has 0 bridgehead atoms. The van der Waals surface area contributed by atoms with Crippen LogP contribution in [0, 0.1) is 0 Å². The van der Waals surface area contributed by atoms with Crippen LogP contribution < -0.4 is 0 Å². The summed E-state index contributed by atoms with van der Waals surface area (Å²) in [5, 5.41) is 18.2. The highest BCUT2D eigenvalue weighted by atomic mass is 35.5. The van der Waals surface area contributed by atoms with E-state index >= 15 is 0 Å². The van der Waals surface area contributed by atoms with Crippen LogP contribution in [0.5, 0.6) is 0 Å². The van der Waals surface area contributed by atoms with Crippen molar-refractivity contribution >= 4 is 57.6 Å². The molecular weight excluding hydrogens is 439 g/mol. The van der Waals surface area contributed by atoms with Crippen molar-refractivity contribution in [2.45, 2.75) is 50.3 Å². The number of halogens is 3. The largest absolute Gasteiger partial charge is 0.384 e. The summed E-state index contributed by atoms with van der Waals surface area (Å²) in [6, 6.07) is 3.22. The van der Waals surface area contributed by atoms with Gasteiger partial charge in [0, 0.05) is 5.02 Å². The van der Waals surface area contributed by atoms with Crippen LogP contribution in [0.3, 0.4) is 0 Å². The average molecular weight is 460 g/mol. The van der Waals surface area contributed by atoms with Gasteiger partial charge in [-0.25, -0.2) is 14.6 Å². The van der Waals surface area contributed by atoms with Crippen LogP contribution in [0.15, 0.2) is 23.5 Å². The van der Waals surface area contributed by atoms with E-state index in [-0.39, 0.29) is 0 Å². The zero-order chi connectivity index (χ0) is 20.5. The third-order valence-corrected chi connectivity index (χ3v) is 6.10. The van der Waals surface area contributed by atoms with Gasteiger partial charge in [0.15, 0.2) is 10.8 Å². The molecule has 0 aliphatic heterocycles. The van der Waals surface area contributed by atoms with Crippen LogP contribution in [-0.2, 0) is 5.60 Å². The maximum absolute atomic E-state index is 11.4. The number of aromatic nitrogens is 4. The Morgan fingerprint density at radius 1 is 1.14 bits per heavy atom. The maximum Gasteiger partial charge on any atom is 0.189 e. The molecule has 150 valence electrons. The van der Waals surface area contributed by atoms with Gasteiger partial charge in [-0.1, -0.05) is 73.3 Å². The highest BCUT2D eigenvalue weighted by Gasteiger charge is 2.32. The van der Waals surface area contributed by atoms with Crippen molar-refractivity contribution in [1.82, 2.24) is 19.7 Å². The van der Waals surface area contributed by atoms with Crippen LogP contribution in [-0.4, -0.2) is 31.1 Å². The number of thioether (sulfide) groups is 1. The molecule has 0 saturated heterocycles. The van der Waals surface area contributed by atoms with E-state index in [4.69, 9.17) is 34.8 Å². The molecule has 1 N–H and O–H groups in total. The third-order valence-electron chi connectivity index (χ3n) is 4.75. The Labute approximate surface area is 183 Å². The fourth-order valence-electron chi connectivity index (χ4n) is 3.17. The van der Waals surface area contributed by atoms with Crippen LogP contribution in [0.2, 0.25) is 15.1 Å². The highest BCUT2D eigenvalue weighted by Crippen LogP contribution is 2.38. The van der Waals surface area contributed by atoms with Crippen molar-refractivity contribution < 1.29 is 5.11 Å².